The molecule has 0 radical (unpaired) electrons. The number of benzene rings is 1. The molecule has 0 aliphatic carbocycles. The molecule has 0 aromatic heterocycles. The first-order chi connectivity index (χ1) is 12.0. The van der Waals surface area contributed by atoms with Crippen LogP contribution in [0.15, 0.2) is 12.1 Å². The number of nitrogens with one attached hydrogen (secondary N) is 1. The molecule has 1 heterocycles. The number of imide groups is 1. The highest BCUT2D eigenvalue weighted by Crippen LogP contribution is 2.38. The van der Waals surface area contributed by atoms with Crippen LogP contribution in [-0.2, 0) is 14.3 Å². The maximum Gasteiger partial charge on any atom is 0.411 e. The zero-order chi connectivity index (χ0) is 19.6. The molecule has 26 heavy (non-hydrogen) atoms. The van der Waals surface area contributed by atoms with Gasteiger partial charge < -0.3 is 4.74 Å². The molecule has 0 unspecified atom stereocenters. The fraction of sp³-hybridized carbons (Fsp3) is 0.400. The minimum absolute atomic E-state index is 0.0411. The molecule has 0 spiro atoms. The van der Waals surface area contributed by atoms with Crippen LogP contribution in [0.2, 0.25) is 5.02 Å². The number of hydrogen-bond acceptors (Lipinski definition) is 4. The van der Waals surface area contributed by atoms with E-state index in [1.165, 1.54) is 0 Å². The van der Waals surface area contributed by atoms with Crippen LogP contribution in [-0.4, -0.2) is 30.7 Å². The van der Waals surface area contributed by atoms with Gasteiger partial charge in [0, 0.05) is 12.8 Å². The Morgan fingerprint density at radius 1 is 1.31 bits per heavy atom. The zero-order valence-electron chi connectivity index (χ0n) is 13.3. The van der Waals surface area contributed by atoms with E-state index in [0.717, 1.165) is 12.1 Å². The third-order valence-corrected chi connectivity index (χ3v) is 3.91. The van der Waals surface area contributed by atoms with E-state index in [2.05, 4.69) is 10.1 Å². The summed E-state index contributed by atoms with van der Waals surface area (Å²) < 4.78 is 57.1. The van der Waals surface area contributed by atoms with Gasteiger partial charge >= 0.3 is 12.3 Å². The van der Waals surface area contributed by atoms with Gasteiger partial charge in [-0.1, -0.05) is 11.6 Å². The maximum absolute atomic E-state index is 14.2. The highest BCUT2D eigenvalue weighted by molar-refractivity contribution is 6.34. The van der Waals surface area contributed by atoms with Crippen LogP contribution in [0.4, 0.5) is 33.7 Å². The van der Waals surface area contributed by atoms with Gasteiger partial charge in [0.2, 0.25) is 11.8 Å². The Kier molecular flexibility index (Phi) is 5.74. The maximum atomic E-state index is 14.2. The molecule has 1 aromatic carbocycles. The van der Waals surface area contributed by atoms with Gasteiger partial charge in [-0.05, 0) is 19.1 Å². The van der Waals surface area contributed by atoms with Crippen molar-refractivity contribution in [2.45, 2.75) is 25.9 Å². The van der Waals surface area contributed by atoms with Crippen molar-refractivity contribution in [3.63, 3.8) is 0 Å². The van der Waals surface area contributed by atoms with Crippen molar-refractivity contribution in [1.29, 1.82) is 0 Å². The van der Waals surface area contributed by atoms with Gasteiger partial charge in [0.25, 0.3) is 0 Å². The first-order valence-corrected chi connectivity index (χ1v) is 7.77. The molecule has 6 nitrogen and oxygen atoms in total. The molecule has 1 fully saturated rings. The number of hydrogen-bond donors (Lipinski definition) is 1. The summed E-state index contributed by atoms with van der Waals surface area (Å²) in [6.45, 7) is 1.58. The molecule has 1 aliphatic heterocycles. The Balaban J connectivity index is 2.34. The molecule has 1 aliphatic rings. The lowest BCUT2D eigenvalue weighted by Gasteiger charge is -2.31. The van der Waals surface area contributed by atoms with E-state index < -0.39 is 54.3 Å². The van der Waals surface area contributed by atoms with Gasteiger partial charge in [0.15, 0.2) is 0 Å². The van der Waals surface area contributed by atoms with Crippen LogP contribution in [0, 0.1) is 11.7 Å². The largest absolute Gasteiger partial charge is 0.450 e. The van der Waals surface area contributed by atoms with Crippen LogP contribution in [0.3, 0.4) is 0 Å². The second-order valence-electron chi connectivity index (χ2n) is 5.40. The van der Waals surface area contributed by atoms with Crippen molar-refractivity contribution in [2.75, 3.05) is 16.8 Å². The Hall–Kier alpha value is -2.36. The van der Waals surface area contributed by atoms with Crippen LogP contribution in [0.25, 0.3) is 0 Å². The number of rotatable bonds is 3. The number of alkyl halides is 3. The average Bonchev–Trinajstić information content (AvgIpc) is 2.50. The third kappa shape index (κ3) is 4.24. The molecule has 1 saturated heterocycles. The molecule has 11 heteroatoms. The highest BCUT2D eigenvalue weighted by atomic mass is 35.5. The molecule has 1 aromatic rings. The molecular formula is C15H13ClF4N2O4. The Morgan fingerprint density at radius 3 is 2.38 bits per heavy atom. The van der Waals surface area contributed by atoms with Gasteiger partial charge in [-0.3, -0.25) is 14.9 Å². The van der Waals surface area contributed by atoms with Gasteiger partial charge in [-0.25, -0.2) is 14.1 Å². The minimum atomic E-state index is -4.72. The van der Waals surface area contributed by atoms with Gasteiger partial charge in [0.05, 0.1) is 28.9 Å². The normalized spacial score (nSPS) is 16.0. The Bertz CT molecular complexity index is 736. The molecular weight excluding hydrogens is 384 g/mol. The Labute approximate surface area is 150 Å². The topological polar surface area (TPSA) is 75.7 Å². The van der Waals surface area contributed by atoms with Crippen molar-refractivity contribution < 1.29 is 36.7 Å². The fourth-order valence-corrected chi connectivity index (χ4v) is 2.59. The lowest BCUT2D eigenvalue weighted by molar-refractivity contribution is -0.185. The predicted molar refractivity (Wildman–Crippen MR) is 83.3 cm³/mol. The van der Waals surface area contributed by atoms with Crippen LogP contribution < -0.4 is 10.2 Å². The van der Waals surface area contributed by atoms with E-state index in [1.807, 2.05) is 0 Å². The van der Waals surface area contributed by atoms with E-state index in [4.69, 9.17) is 11.6 Å². The van der Waals surface area contributed by atoms with E-state index in [0.29, 0.717) is 4.90 Å². The monoisotopic (exact) mass is 396 g/mol. The second-order valence-corrected chi connectivity index (χ2v) is 5.81. The number of carbonyl (C=O) groups is 3. The smallest absolute Gasteiger partial charge is 0.411 e. The number of amides is 3. The van der Waals surface area contributed by atoms with Crippen LogP contribution in [0.5, 0.6) is 0 Å². The number of halogens is 5. The van der Waals surface area contributed by atoms with Crippen molar-refractivity contribution >= 4 is 40.9 Å². The van der Waals surface area contributed by atoms with Crippen LogP contribution >= 0.6 is 11.6 Å². The summed E-state index contributed by atoms with van der Waals surface area (Å²) in [4.78, 5) is 35.8. The summed E-state index contributed by atoms with van der Waals surface area (Å²) in [5, 5.41) is 1.95. The average molecular weight is 397 g/mol. The van der Waals surface area contributed by atoms with Crippen molar-refractivity contribution in [1.82, 2.24) is 0 Å². The summed E-state index contributed by atoms with van der Waals surface area (Å²) in [7, 11) is 0. The van der Waals surface area contributed by atoms with Gasteiger partial charge in [0.1, 0.15) is 5.82 Å². The third-order valence-electron chi connectivity index (χ3n) is 3.59. The lowest BCUT2D eigenvalue weighted by Crippen LogP contribution is -2.47. The van der Waals surface area contributed by atoms with Crippen molar-refractivity contribution in [2.24, 2.45) is 5.92 Å². The quantitative estimate of drug-likeness (QED) is 0.621. The van der Waals surface area contributed by atoms with Gasteiger partial charge in [-0.15, -0.1) is 0 Å². The first kappa shape index (κ1) is 20.0. The van der Waals surface area contributed by atoms with E-state index >= 15 is 0 Å². The van der Waals surface area contributed by atoms with Crippen molar-refractivity contribution in [3.8, 4) is 0 Å². The number of ether oxygens (including phenoxy) is 1. The summed E-state index contributed by atoms with van der Waals surface area (Å²) in [6.07, 6.45) is -7.61. The predicted octanol–water partition coefficient (Wildman–Crippen LogP) is 3.88. The Morgan fingerprint density at radius 2 is 1.88 bits per heavy atom. The first-order valence-electron chi connectivity index (χ1n) is 7.39. The molecule has 0 atom stereocenters. The summed E-state index contributed by atoms with van der Waals surface area (Å²) >= 11 is 5.79. The summed E-state index contributed by atoms with van der Waals surface area (Å²) in [5.41, 5.74) is -0.767. The lowest BCUT2D eigenvalue weighted by atomic mass is 9.94. The molecule has 142 valence electrons. The number of carbonyl (C=O) groups excluding carboxylic acids is 3. The number of anilines is 2. The van der Waals surface area contributed by atoms with E-state index in [-0.39, 0.29) is 17.3 Å². The summed E-state index contributed by atoms with van der Waals surface area (Å²) in [5.74, 6) is -5.62. The van der Waals surface area contributed by atoms with Crippen LogP contribution in [0.1, 0.15) is 19.8 Å². The molecule has 0 bridgehead atoms. The standard InChI is InChI=1S/C15H13ClF4N2O4/c1-2-26-14(25)21-10-6-11(9(17)5-8(10)16)22-12(23)3-7(4-13(22)24)15(18,19)20/h5-7H,2-4H2,1H3,(H,21,25). The molecule has 2 rings (SSSR count). The molecule has 3 amide bonds. The van der Waals surface area contributed by atoms with Crippen molar-refractivity contribution in [3.05, 3.63) is 23.0 Å². The molecule has 0 saturated carbocycles. The van der Waals surface area contributed by atoms with E-state index in [1.54, 1.807) is 6.92 Å². The number of nitrogens with zero attached hydrogens (tertiary/aromatic N) is 1. The number of piperidine rings is 1. The fourth-order valence-electron chi connectivity index (χ4n) is 2.40. The summed E-state index contributed by atoms with van der Waals surface area (Å²) in [6, 6.07) is 1.62. The molecule has 1 N–H and O–H groups in total. The second kappa shape index (κ2) is 7.48. The van der Waals surface area contributed by atoms with Gasteiger partial charge in [-0.2, -0.15) is 13.2 Å². The highest BCUT2D eigenvalue weighted by Gasteiger charge is 2.48. The van der Waals surface area contributed by atoms with E-state index in [9.17, 15) is 31.9 Å². The SMILES string of the molecule is CCOC(=O)Nc1cc(N2C(=O)CC(C(F)(F)F)CC2=O)c(F)cc1Cl. The zero-order valence-corrected chi connectivity index (χ0v) is 14.1. The minimum Gasteiger partial charge on any atom is -0.450 e.